The van der Waals surface area contributed by atoms with Crippen molar-refractivity contribution in [2.24, 2.45) is 0 Å². The van der Waals surface area contributed by atoms with Crippen molar-refractivity contribution < 1.29 is 4.79 Å². The third-order valence-electron chi connectivity index (χ3n) is 5.67. The van der Waals surface area contributed by atoms with Gasteiger partial charge in [-0.15, -0.1) is 11.3 Å². The van der Waals surface area contributed by atoms with Gasteiger partial charge in [-0.2, -0.15) is 5.10 Å². The Bertz CT molecular complexity index is 1290. The number of piperazine rings is 1. The molecule has 0 spiro atoms. The van der Waals surface area contributed by atoms with Crippen molar-refractivity contribution in [1.82, 2.24) is 24.6 Å². The summed E-state index contributed by atoms with van der Waals surface area (Å²) in [6, 6.07) is 19.2. The summed E-state index contributed by atoms with van der Waals surface area (Å²) in [6.45, 7) is 5.18. The Kier molecular flexibility index (Phi) is 5.55. The molecule has 0 saturated carbocycles. The molecule has 32 heavy (non-hydrogen) atoms. The van der Waals surface area contributed by atoms with E-state index in [1.165, 1.54) is 10.8 Å². The van der Waals surface area contributed by atoms with Crippen molar-refractivity contribution in [3.8, 4) is 5.69 Å². The molecule has 1 aliphatic heterocycles. The fourth-order valence-corrected chi connectivity index (χ4v) is 4.97. The van der Waals surface area contributed by atoms with Crippen LogP contribution in [0.1, 0.15) is 21.2 Å². The van der Waals surface area contributed by atoms with E-state index in [0.717, 1.165) is 35.8 Å². The number of fused-ring (bicyclic) bond motifs is 1. The van der Waals surface area contributed by atoms with Crippen molar-refractivity contribution in [2.45, 2.75) is 13.5 Å². The first-order valence-corrected chi connectivity index (χ1v) is 11.4. The van der Waals surface area contributed by atoms with Crippen molar-refractivity contribution in [2.75, 3.05) is 26.2 Å². The normalized spacial score (nSPS) is 14.7. The second-order valence-electron chi connectivity index (χ2n) is 7.89. The van der Waals surface area contributed by atoms with Crippen LogP contribution in [0.25, 0.3) is 15.9 Å². The van der Waals surface area contributed by atoms with E-state index >= 15 is 0 Å². The van der Waals surface area contributed by atoms with Crippen LogP contribution in [-0.4, -0.2) is 56.7 Å². The first kappa shape index (κ1) is 20.5. The summed E-state index contributed by atoms with van der Waals surface area (Å²) in [5.41, 5.74) is 2.18. The average molecular weight is 446 g/mol. The van der Waals surface area contributed by atoms with Gasteiger partial charge in [0.1, 0.15) is 5.01 Å². The zero-order valence-electron chi connectivity index (χ0n) is 17.8. The Hall–Kier alpha value is -3.36. The van der Waals surface area contributed by atoms with Crippen LogP contribution in [-0.2, 0) is 6.54 Å². The first-order chi connectivity index (χ1) is 15.6. The van der Waals surface area contributed by atoms with E-state index in [1.54, 1.807) is 20.9 Å². The number of amides is 1. The Morgan fingerprint density at radius 2 is 1.72 bits per heavy atom. The van der Waals surface area contributed by atoms with Gasteiger partial charge in [0.2, 0.25) is 5.43 Å². The monoisotopic (exact) mass is 445 g/mol. The highest BCUT2D eigenvalue weighted by Crippen LogP contribution is 2.23. The quantitative estimate of drug-likeness (QED) is 0.483. The molecule has 0 unspecified atom stereocenters. The number of carbonyl (C=O) groups is 1. The van der Waals surface area contributed by atoms with Crippen LogP contribution in [0.15, 0.2) is 65.5 Å². The number of hydrogen-bond acceptors (Lipinski definition) is 6. The molecule has 162 valence electrons. The lowest BCUT2D eigenvalue weighted by Gasteiger charge is -2.34. The summed E-state index contributed by atoms with van der Waals surface area (Å²) < 4.78 is 2.84. The maximum atomic E-state index is 13.1. The molecule has 0 atom stereocenters. The van der Waals surface area contributed by atoms with Gasteiger partial charge >= 0.3 is 0 Å². The van der Waals surface area contributed by atoms with E-state index in [9.17, 15) is 9.59 Å². The van der Waals surface area contributed by atoms with Crippen molar-refractivity contribution in [1.29, 1.82) is 0 Å². The Labute approximate surface area is 189 Å². The molecule has 1 aliphatic rings. The number of carbonyl (C=O) groups excluding carboxylic acids is 1. The molecule has 1 amide bonds. The molecule has 0 N–H and O–H groups in total. The lowest BCUT2D eigenvalue weighted by Crippen LogP contribution is -2.49. The predicted molar refractivity (Wildman–Crippen MR) is 125 cm³/mol. The summed E-state index contributed by atoms with van der Waals surface area (Å²) in [5.74, 6) is -0.306. The first-order valence-electron chi connectivity index (χ1n) is 10.6. The van der Waals surface area contributed by atoms with Gasteiger partial charge in [0, 0.05) is 37.9 Å². The molecule has 0 bridgehead atoms. The minimum atomic E-state index is -0.336. The smallest absolute Gasteiger partial charge is 0.278 e. The number of nitrogens with zero attached hydrogens (tertiary/aromatic N) is 5. The third-order valence-corrected chi connectivity index (χ3v) is 6.69. The molecule has 8 heteroatoms. The number of hydrogen-bond donors (Lipinski definition) is 0. The summed E-state index contributed by atoms with van der Waals surface area (Å²) in [7, 11) is 0. The van der Waals surface area contributed by atoms with Crippen LogP contribution in [0.2, 0.25) is 0 Å². The minimum Gasteiger partial charge on any atom is -0.335 e. The van der Waals surface area contributed by atoms with Crippen LogP contribution in [0.5, 0.6) is 0 Å². The molecule has 2 aromatic carbocycles. The molecule has 5 rings (SSSR count). The van der Waals surface area contributed by atoms with Crippen molar-refractivity contribution in [3.63, 3.8) is 0 Å². The number of para-hydroxylation sites is 2. The Balaban J connectivity index is 1.28. The van der Waals surface area contributed by atoms with Gasteiger partial charge in [-0.3, -0.25) is 14.5 Å². The lowest BCUT2D eigenvalue weighted by atomic mass is 10.2. The van der Waals surface area contributed by atoms with E-state index < -0.39 is 0 Å². The van der Waals surface area contributed by atoms with Crippen LogP contribution in [0.4, 0.5) is 0 Å². The molecule has 0 radical (unpaired) electrons. The van der Waals surface area contributed by atoms with Gasteiger partial charge in [0.25, 0.3) is 5.91 Å². The Morgan fingerprint density at radius 3 is 2.47 bits per heavy atom. The second kappa shape index (κ2) is 8.64. The van der Waals surface area contributed by atoms with Crippen LogP contribution in [0, 0.1) is 6.92 Å². The number of aryl methyl sites for hydroxylation is 1. The highest BCUT2D eigenvalue weighted by Gasteiger charge is 2.26. The lowest BCUT2D eigenvalue weighted by molar-refractivity contribution is 0.0619. The van der Waals surface area contributed by atoms with E-state index in [0.29, 0.717) is 18.8 Å². The van der Waals surface area contributed by atoms with Gasteiger partial charge in [-0.25, -0.2) is 9.67 Å². The molecule has 1 saturated heterocycles. The van der Waals surface area contributed by atoms with Gasteiger partial charge in [0.15, 0.2) is 5.69 Å². The van der Waals surface area contributed by atoms with Crippen molar-refractivity contribution >= 4 is 27.5 Å². The molecule has 2 aromatic heterocycles. The highest BCUT2D eigenvalue weighted by molar-refractivity contribution is 7.18. The minimum absolute atomic E-state index is 0.0286. The molecular formula is C24H23N5O2S. The fourth-order valence-electron chi connectivity index (χ4n) is 3.96. The molecule has 7 nitrogen and oxygen atoms in total. The van der Waals surface area contributed by atoms with Gasteiger partial charge in [0.05, 0.1) is 22.4 Å². The number of rotatable bonds is 4. The van der Waals surface area contributed by atoms with E-state index in [1.807, 2.05) is 55.5 Å². The van der Waals surface area contributed by atoms with Gasteiger partial charge in [-0.05, 0) is 31.2 Å². The predicted octanol–water partition coefficient (Wildman–Crippen LogP) is 3.11. The number of aromatic nitrogens is 3. The Morgan fingerprint density at radius 1 is 1.00 bits per heavy atom. The summed E-state index contributed by atoms with van der Waals surface area (Å²) in [4.78, 5) is 34.4. The summed E-state index contributed by atoms with van der Waals surface area (Å²) in [5, 5.41) is 5.50. The highest BCUT2D eigenvalue weighted by atomic mass is 32.1. The van der Waals surface area contributed by atoms with Crippen LogP contribution in [0.3, 0.4) is 0 Å². The van der Waals surface area contributed by atoms with Gasteiger partial charge < -0.3 is 4.90 Å². The molecular weight excluding hydrogens is 422 g/mol. The van der Waals surface area contributed by atoms with E-state index in [-0.39, 0.29) is 17.0 Å². The SMILES string of the molecule is Cc1cc(=O)c(C(=O)N2CCN(Cc3nc4ccccc4s3)CC2)nn1-c1ccccc1. The largest absolute Gasteiger partial charge is 0.335 e. The number of thiazole rings is 1. The van der Waals surface area contributed by atoms with Crippen LogP contribution < -0.4 is 5.43 Å². The summed E-state index contributed by atoms with van der Waals surface area (Å²) >= 11 is 1.71. The maximum Gasteiger partial charge on any atom is 0.278 e. The van der Waals surface area contributed by atoms with Crippen LogP contribution >= 0.6 is 11.3 Å². The molecule has 4 aromatic rings. The maximum absolute atomic E-state index is 13.1. The fraction of sp³-hybridized carbons (Fsp3) is 0.250. The van der Waals surface area contributed by atoms with E-state index in [2.05, 4.69) is 16.1 Å². The summed E-state index contributed by atoms with van der Waals surface area (Å²) in [6.07, 6.45) is 0. The molecule has 1 fully saturated rings. The topological polar surface area (TPSA) is 71.3 Å². The molecule has 0 aliphatic carbocycles. The number of benzene rings is 2. The zero-order chi connectivity index (χ0) is 22.1. The van der Waals surface area contributed by atoms with Gasteiger partial charge in [-0.1, -0.05) is 30.3 Å². The second-order valence-corrected chi connectivity index (χ2v) is 9.00. The van der Waals surface area contributed by atoms with E-state index in [4.69, 9.17) is 4.98 Å². The average Bonchev–Trinajstić information content (AvgIpc) is 3.22. The third kappa shape index (κ3) is 4.06. The van der Waals surface area contributed by atoms with Crippen molar-refractivity contribution in [3.05, 3.63) is 87.3 Å². The zero-order valence-corrected chi connectivity index (χ0v) is 18.6. The molecule has 3 heterocycles. The standard InChI is InChI=1S/C24H23N5O2S/c1-17-15-20(30)23(26-29(17)18-7-3-2-4-8-18)24(31)28-13-11-27(12-14-28)16-22-25-19-9-5-6-10-21(19)32-22/h2-10,15H,11-14,16H2,1H3.